The van der Waals surface area contributed by atoms with Crippen molar-refractivity contribution in [2.75, 3.05) is 14.1 Å². The second-order valence-corrected chi connectivity index (χ2v) is 9.10. The molecule has 36 heavy (non-hydrogen) atoms. The van der Waals surface area contributed by atoms with E-state index in [1.54, 1.807) is 14.1 Å². The van der Waals surface area contributed by atoms with Crippen LogP contribution in [0.4, 0.5) is 4.79 Å². The summed E-state index contributed by atoms with van der Waals surface area (Å²) in [6.07, 6.45) is 3.53. The van der Waals surface area contributed by atoms with Crippen molar-refractivity contribution in [2.45, 2.75) is 44.8 Å². The molecule has 0 spiro atoms. The average Bonchev–Trinajstić information content (AvgIpc) is 3.33. The molecule has 1 heterocycles. The van der Waals surface area contributed by atoms with Crippen LogP contribution in [0.2, 0.25) is 0 Å². The molecule has 8 nitrogen and oxygen atoms in total. The second-order valence-electron chi connectivity index (χ2n) is 9.10. The Morgan fingerprint density at radius 3 is 2.56 bits per heavy atom. The lowest BCUT2D eigenvalue weighted by molar-refractivity contribution is -0.134. The molecule has 0 saturated heterocycles. The van der Waals surface area contributed by atoms with Gasteiger partial charge in [-0.1, -0.05) is 73.5 Å². The van der Waals surface area contributed by atoms with Gasteiger partial charge in [0, 0.05) is 25.9 Å². The average molecular weight is 488 g/mol. The molecule has 0 aliphatic carbocycles. The summed E-state index contributed by atoms with van der Waals surface area (Å²) in [5.74, 6) is 0.608. The lowest BCUT2D eigenvalue weighted by Crippen LogP contribution is -2.37. The number of urea groups is 1. The first-order chi connectivity index (χ1) is 17.5. The number of carbonyl (C=O) groups is 2. The van der Waals surface area contributed by atoms with Gasteiger partial charge in [0.25, 0.3) is 0 Å². The highest BCUT2D eigenvalue weighted by molar-refractivity contribution is 6.04. The highest BCUT2D eigenvalue weighted by Gasteiger charge is 2.20. The Morgan fingerprint density at radius 2 is 1.75 bits per heavy atom. The van der Waals surface area contributed by atoms with E-state index < -0.39 is 0 Å². The zero-order valence-electron chi connectivity index (χ0n) is 20.8. The molecule has 0 saturated carbocycles. The summed E-state index contributed by atoms with van der Waals surface area (Å²) in [7, 11) is 3.44. The normalized spacial score (nSPS) is 11.9. The van der Waals surface area contributed by atoms with Gasteiger partial charge < -0.3 is 15.2 Å². The van der Waals surface area contributed by atoms with Crippen molar-refractivity contribution in [3.63, 3.8) is 0 Å². The van der Waals surface area contributed by atoms with Crippen LogP contribution in [0.3, 0.4) is 0 Å². The number of aromatic nitrogens is 2. The van der Waals surface area contributed by atoms with Crippen LogP contribution in [0.1, 0.15) is 49.5 Å². The fourth-order valence-electron chi connectivity index (χ4n) is 4.12. The first-order valence-corrected chi connectivity index (χ1v) is 12.3. The third-order valence-corrected chi connectivity index (χ3v) is 6.09. The van der Waals surface area contributed by atoms with Gasteiger partial charge in [-0.15, -0.1) is 0 Å². The van der Waals surface area contributed by atoms with Gasteiger partial charge in [-0.2, -0.15) is 0 Å². The van der Waals surface area contributed by atoms with Crippen molar-refractivity contribution in [2.24, 2.45) is 0 Å². The van der Waals surface area contributed by atoms with Gasteiger partial charge in [-0.25, -0.2) is 15.3 Å². The van der Waals surface area contributed by atoms with E-state index in [2.05, 4.69) is 34.0 Å². The molecule has 188 valence electrons. The summed E-state index contributed by atoms with van der Waals surface area (Å²) in [4.78, 5) is 39.6. The maximum atomic E-state index is 12.4. The molecular weight excluding hydrogens is 454 g/mol. The Bertz CT molecular complexity index is 1300. The van der Waals surface area contributed by atoms with Crippen molar-refractivity contribution in [1.82, 2.24) is 25.7 Å². The third-order valence-electron chi connectivity index (χ3n) is 6.09. The standard InChI is InChI=1S/C28H33N5O3/c1-33(2)28(35)30-24(27-29-23-18-17-21-13-9-10-14-22(21)26(23)31-27)15-7-4-8-16-25(34)32-36-19-20-11-5-3-6-12-20/h3,5-6,9-14,17-18,24H,4,7-8,15-16,19H2,1-2H3,(H,29,31)(H,30,35)(H,32,34)/t24-/m0/s1. The number of imidazole rings is 1. The number of aromatic amines is 1. The van der Waals surface area contributed by atoms with Crippen LogP contribution in [0, 0.1) is 0 Å². The van der Waals surface area contributed by atoms with Crippen molar-refractivity contribution in [1.29, 1.82) is 0 Å². The molecule has 8 heteroatoms. The van der Waals surface area contributed by atoms with Gasteiger partial charge in [0.1, 0.15) is 5.82 Å². The van der Waals surface area contributed by atoms with Crippen LogP contribution in [0.25, 0.3) is 21.8 Å². The van der Waals surface area contributed by atoms with E-state index in [0.29, 0.717) is 19.4 Å². The smallest absolute Gasteiger partial charge is 0.317 e. The van der Waals surface area contributed by atoms with Crippen molar-refractivity contribution in [3.8, 4) is 0 Å². The zero-order valence-corrected chi connectivity index (χ0v) is 20.8. The fourth-order valence-corrected chi connectivity index (χ4v) is 4.12. The topological polar surface area (TPSA) is 99.3 Å². The Hall–Kier alpha value is -3.91. The molecular formula is C28H33N5O3. The van der Waals surface area contributed by atoms with Gasteiger partial charge in [0.15, 0.2) is 0 Å². The minimum Gasteiger partial charge on any atom is -0.340 e. The number of rotatable bonds is 11. The SMILES string of the molecule is CN(C)C(=O)N[C@@H](CCCCCC(=O)NOCc1ccccc1)c1nc2c(ccc3ccccc32)[nH]1. The van der Waals surface area contributed by atoms with Crippen LogP contribution in [0.5, 0.6) is 0 Å². The molecule has 4 aromatic rings. The van der Waals surface area contributed by atoms with E-state index in [1.807, 2.05) is 48.5 Å². The van der Waals surface area contributed by atoms with Gasteiger partial charge in [0.2, 0.25) is 5.91 Å². The molecule has 1 atom stereocenters. The number of hydrogen-bond donors (Lipinski definition) is 3. The van der Waals surface area contributed by atoms with E-state index in [1.165, 1.54) is 4.90 Å². The molecule has 0 aliphatic rings. The fraction of sp³-hybridized carbons (Fsp3) is 0.321. The number of carbonyl (C=O) groups excluding carboxylic acids is 2. The van der Waals surface area contributed by atoms with Gasteiger partial charge in [-0.3, -0.25) is 9.63 Å². The molecule has 0 bridgehead atoms. The summed E-state index contributed by atoms with van der Waals surface area (Å²) in [6.45, 7) is 0.340. The number of fused-ring (bicyclic) bond motifs is 3. The van der Waals surface area contributed by atoms with Crippen LogP contribution in [-0.4, -0.2) is 40.9 Å². The number of nitrogens with one attached hydrogen (secondary N) is 3. The predicted octanol–water partition coefficient (Wildman–Crippen LogP) is 5.23. The lowest BCUT2D eigenvalue weighted by Gasteiger charge is -2.20. The third kappa shape index (κ3) is 6.60. The highest BCUT2D eigenvalue weighted by atomic mass is 16.6. The number of hydrogen-bond acceptors (Lipinski definition) is 4. The summed E-state index contributed by atoms with van der Waals surface area (Å²) >= 11 is 0. The molecule has 1 aromatic heterocycles. The summed E-state index contributed by atoms with van der Waals surface area (Å²) in [5, 5.41) is 5.29. The molecule has 0 fully saturated rings. The minimum absolute atomic E-state index is 0.132. The largest absolute Gasteiger partial charge is 0.340 e. The van der Waals surface area contributed by atoms with E-state index >= 15 is 0 Å². The van der Waals surface area contributed by atoms with E-state index in [4.69, 9.17) is 9.82 Å². The molecule has 0 aliphatic heterocycles. The first-order valence-electron chi connectivity index (χ1n) is 12.3. The Balaban J connectivity index is 1.30. The van der Waals surface area contributed by atoms with Crippen LogP contribution < -0.4 is 10.8 Å². The van der Waals surface area contributed by atoms with Crippen LogP contribution in [0.15, 0.2) is 66.7 Å². The maximum absolute atomic E-state index is 12.4. The Kier molecular flexibility index (Phi) is 8.52. The number of nitrogens with zero attached hydrogens (tertiary/aromatic N) is 2. The van der Waals surface area contributed by atoms with Crippen molar-refractivity contribution < 1.29 is 14.4 Å². The lowest BCUT2D eigenvalue weighted by atomic mass is 10.1. The minimum atomic E-state index is -0.255. The highest BCUT2D eigenvalue weighted by Crippen LogP contribution is 2.27. The quantitative estimate of drug-likeness (QED) is 0.199. The predicted molar refractivity (Wildman–Crippen MR) is 141 cm³/mol. The monoisotopic (exact) mass is 487 g/mol. The number of unbranched alkanes of at least 4 members (excludes halogenated alkanes) is 2. The molecule has 0 radical (unpaired) electrons. The Morgan fingerprint density at radius 1 is 0.972 bits per heavy atom. The molecule has 4 rings (SSSR count). The summed E-state index contributed by atoms with van der Waals surface area (Å²) < 4.78 is 0. The van der Waals surface area contributed by atoms with Crippen molar-refractivity contribution >= 4 is 33.7 Å². The molecule has 3 amide bonds. The number of amides is 3. The zero-order chi connectivity index (χ0) is 25.3. The molecule has 0 unspecified atom stereocenters. The van der Waals surface area contributed by atoms with Gasteiger partial charge >= 0.3 is 6.03 Å². The number of H-pyrrole nitrogens is 1. The van der Waals surface area contributed by atoms with E-state index in [-0.39, 0.29) is 18.0 Å². The number of hydroxylamine groups is 1. The van der Waals surface area contributed by atoms with Crippen molar-refractivity contribution in [3.05, 3.63) is 78.1 Å². The summed E-state index contributed by atoms with van der Waals surface area (Å²) in [6, 6.07) is 21.5. The van der Waals surface area contributed by atoms with Gasteiger partial charge in [-0.05, 0) is 29.9 Å². The Labute approximate surface area is 211 Å². The molecule has 3 N–H and O–H groups in total. The van der Waals surface area contributed by atoms with Crippen LogP contribution >= 0.6 is 0 Å². The molecule has 3 aromatic carbocycles. The second kappa shape index (κ2) is 12.2. The van der Waals surface area contributed by atoms with E-state index in [0.717, 1.165) is 52.5 Å². The summed E-state index contributed by atoms with van der Waals surface area (Å²) in [5.41, 5.74) is 5.36. The van der Waals surface area contributed by atoms with E-state index in [9.17, 15) is 9.59 Å². The first kappa shape index (κ1) is 25.2. The number of benzene rings is 3. The maximum Gasteiger partial charge on any atom is 0.317 e. The van der Waals surface area contributed by atoms with Gasteiger partial charge in [0.05, 0.1) is 23.7 Å². The van der Waals surface area contributed by atoms with Crippen LogP contribution in [-0.2, 0) is 16.2 Å².